The summed E-state index contributed by atoms with van der Waals surface area (Å²) in [7, 11) is 0. The summed E-state index contributed by atoms with van der Waals surface area (Å²) in [5, 5.41) is 2.73. The van der Waals surface area contributed by atoms with Gasteiger partial charge in [-0.3, -0.25) is 0 Å². The minimum Gasteiger partial charge on any atom is -0.309 e. The molecule has 0 aliphatic rings. The number of rotatable bonds is 6. The van der Waals surface area contributed by atoms with Crippen LogP contribution in [0.2, 0.25) is 0 Å². The van der Waals surface area contributed by atoms with Crippen LogP contribution in [0.1, 0.15) is 18.9 Å². The highest BCUT2D eigenvalue weighted by Gasteiger charge is 2.21. The molecular weight excluding hydrogens is 295 g/mol. The Balaban J connectivity index is 2.71. The van der Waals surface area contributed by atoms with Gasteiger partial charge >= 0.3 is 0 Å². The third-order valence-corrected chi connectivity index (χ3v) is 2.91. The second-order valence-electron chi connectivity index (χ2n) is 3.83. The first-order chi connectivity index (χ1) is 8.04. The first-order valence-corrected chi connectivity index (χ1v) is 6.29. The van der Waals surface area contributed by atoms with E-state index in [0.29, 0.717) is 16.6 Å². The number of hydrogen-bond acceptors (Lipinski definition) is 1. The summed E-state index contributed by atoms with van der Waals surface area (Å²) in [6, 6.07) is 3.48. The number of alkyl halides is 2. The summed E-state index contributed by atoms with van der Waals surface area (Å²) in [5.74, 6) is -0.455. The Morgan fingerprint density at radius 3 is 2.59 bits per heavy atom. The molecule has 17 heavy (non-hydrogen) atoms. The molecule has 1 unspecified atom stereocenters. The molecule has 0 aliphatic carbocycles. The Labute approximate surface area is 108 Å². The van der Waals surface area contributed by atoms with Crippen molar-refractivity contribution in [2.75, 3.05) is 6.54 Å². The van der Waals surface area contributed by atoms with Gasteiger partial charge in [0.15, 0.2) is 0 Å². The molecule has 0 spiro atoms. The summed E-state index contributed by atoms with van der Waals surface area (Å²) in [4.78, 5) is 0. The topological polar surface area (TPSA) is 12.0 Å². The molecule has 96 valence electrons. The average molecular weight is 310 g/mol. The molecule has 0 heterocycles. The van der Waals surface area contributed by atoms with Crippen LogP contribution in [-0.2, 0) is 6.42 Å². The number of halogens is 4. The number of benzene rings is 1. The Morgan fingerprint density at radius 2 is 2.06 bits per heavy atom. The molecule has 0 amide bonds. The van der Waals surface area contributed by atoms with Crippen LogP contribution in [-0.4, -0.2) is 19.0 Å². The van der Waals surface area contributed by atoms with E-state index in [-0.39, 0.29) is 6.42 Å². The molecule has 0 aromatic heterocycles. The van der Waals surface area contributed by atoms with Crippen molar-refractivity contribution in [1.82, 2.24) is 5.32 Å². The molecular formula is C12H15BrF3N. The normalized spacial score (nSPS) is 13.1. The maximum absolute atomic E-state index is 13.5. The number of nitrogens with one attached hydrogen (secondary N) is 1. The van der Waals surface area contributed by atoms with Crippen LogP contribution in [0.3, 0.4) is 0 Å². The zero-order valence-electron chi connectivity index (χ0n) is 9.52. The lowest BCUT2D eigenvalue weighted by Gasteiger charge is -2.18. The second kappa shape index (κ2) is 7.01. The summed E-state index contributed by atoms with van der Waals surface area (Å²) in [6.45, 7) is 2.41. The molecule has 1 nitrogen and oxygen atoms in total. The summed E-state index contributed by atoms with van der Waals surface area (Å²) in [6.07, 6.45) is -1.73. The van der Waals surface area contributed by atoms with Crippen molar-refractivity contribution in [1.29, 1.82) is 0 Å². The fourth-order valence-corrected chi connectivity index (χ4v) is 1.84. The van der Waals surface area contributed by atoms with Crippen molar-refractivity contribution in [2.24, 2.45) is 0 Å². The van der Waals surface area contributed by atoms with Crippen LogP contribution in [0.5, 0.6) is 0 Å². The first-order valence-electron chi connectivity index (χ1n) is 5.50. The van der Waals surface area contributed by atoms with Gasteiger partial charge in [-0.1, -0.05) is 28.9 Å². The smallest absolute Gasteiger partial charge is 0.254 e. The Bertz CT molecular complexity index is 358. The van der Waals surface area contributed by atoms with E-state index >= 15 is 0 Å². The monoisotopic (exact) mass is 309 g/mol. The SMILES string of the molecule is CCCNC(Cc1ccc(Br)cc1F)C(F)F. The molecule has 0 saturated carbocycles. The summed E-state index contributed by atoms with van der Waals surface area (Å²) >= 11 is 3.13. The minimum absolute atomic E-state index is 0.00319. The van der Waals surface area contributed by atoms with Gasteiger partial charge in [-0.15, -0.1) is 0 Å². The van der Waals surface area contributed by atoms with Gasteiger partial charge in [0.2, 0.25) is 0 Å². The van der Waals surface area contributed by atoms with Crippen LogP contribution in [0, 0.1) is 5.82 Å². The van der Waals surface area contributed by atoms with Gasteiger partial charge in [0.25, 0.3) is 6.43 Å². The third-order valence-electron chi connectivity index (χ3n) is 2.42. The van der Waals surface area contributed by atoms with E-state index in [4.69, 9.17) is 0 Å². The van der Waals surface area contributed by atoms with Gasteiger partial charge in [0.05, 0.1) is 6.04 Å². The van der Waals surface area contributed by atoms with Gasteiger partial charge in [-0.05, 0) is 37.1 Å². The lowest BCUT2D eigenvalue weighted by atomic mass is 10.1. The predicted octanol–water partition coefficient (Wildman–Crippen LogP) is 3.76. The van der Waals surface area contributed by atoms with Crippen molar-refractivity contribution in [3.8, 4) is 0 Å². The molecule has 1 aromatic carbocycles. The predicted molar refractivity (Wildman–Crippen MR) is 65.9 cm³/mol. The molecule has 0 saturated heterocycles. The highest BCUT2D eigenvalue weighted by molar-refractivity contribution is 9.10. The molecule has 0 aliphatic heterocycles. The molecule has 0 radical (unpaired) electrons. The van der Waals surface area contributed by atoms with E-state index in [2.05, 4.69) is 21.2 Å². The van der Waals surface area contributed by atoms with E-state index in [1.165, 1.54) is 12.1 Å². The standard InChI is InChI=1S/C12H15BrF3N/c1-2-5-17-11(12(15)16)6-8-3-4-9(13)7-10(8)14/h3-4,7,11-12,17H,2,5-6H2,1H3. The molecule has 0 fully saturated rings. The van der Waals surface area contributed by atoms with Crippen LogP contribution < -0.4 is 5.32 Å². The fraction of sp³-hybridized carbons (Fsp3) is 0.500. The first kappa shape index (κ1) is 14.5. The van der Waals surface area contributed by atoms with Gasteiger partial charge in [-0.2, -0.15) is 0 Å². The summed E-state index contributed by atoms with van der Waals surface area (Å²) < 4.78 is 39.5. The Morgan fingerprint density at radius 1 is 1.35 bits per heavy atom. The van der Waals surface area contributed by atoms with E-state index in [0.717, 1.165) is 6.42 Å². The van der Waals surface area contributed by atoms with E-state index in [1.807, 2.05) is 6.92 Å². The maximum Gasteiger partial charge on any atom is 0.254 e. The fourth-order valence-electron chi connectivity index (χ4n) is 1.50. The van der Waals surface area contributed by atoms with Crippen LogP contribution >= 0.6 is 15.9 Å². The Kier molecular flexibility index (Phi) is 5.98. The second-order valence-corrected chi connectivity index (χ2v) is 4.75. The van der Waals surface area contributed by atoms with Gasteiger partial charge in [-0.25, -0.2) is 13.2 Å². The van der Waals surface area contributed by atoms with Crippen LogP contribution in [0.15, 0.2) is 22.7 Å². The van der Waals surface area contributed by atoms with Crippen LogP contribution in [0.25, 0.3) is 0 Å². The highest BCUT2D eigenvalue weighted by atomic mass is 79.9. The molecule has 1 atom stereocenters. The highest BCUT2D eigenvalue weighted by Crippen LogP contribution is 2.18. The maximum atomic E-state index is 13.5. The van der Waals surface area contributed by atoms with Gasteiger partial charge in [0.1, 0.15) is 5.82 Å². The van der Waals surface area contributed by atoms with Crippen molar-refractivity contribution < 1.29 is 13.2 Å². The molecule has 1 aromatic rings. The molecule has 1 N–H and O–H groups in total. The lowest BCUT2D eigenvalue weighted by Crippen LogP contribution is -2.38. The van der Waals surface area contributed by atoms with Crippen molar-refractivity contribution >= 4 is 15.9 Å². The van der Waals surface area contributed by atoms with Crippen molar-refractivity contribution in [2.45, 2.75) is 32.2 Å². The van der Waals surface area contributed by atoms with E-state index < -0.39 is 18.3 Å². The van der Waals surface area contributed by atoms with Crippen molar-refractivity contribution in [3.05, 3.63) is 34.1 Å². The van der Waals surface area contributed by atoms with Crippen LogP contribution in [0.4, 0.5) is 13.2 Å². The van der Waals surface area contributed by atoms with Gasteiger partial charge < -0.3 is 5.32 Å². The van der Waals surface area contributed by atoms with Crippen molar-refractivity contribution in [3.63, 3.8) is 0 Å². The van der Waals surface area contributed by atoms with E-state index in [1.54, 1.807) is 6.07 Å². The molecule has 1 rings (SSSR count). The zero-order chi connectivity index (χ0) is 12.8. The zero-order valence-corrected chi connectivity index (χ0v) is 11.1. The summed E-state index contributed by atoms with van der Waals surface area (Å²) in [5.41, 5.74) is 0.308. The quantitative estimate of drug-likeness (QED) is 0.843. The molecule has 5 heteroatoms. The van der Waals surface area contributed by atoms with E-state index in [9.17, 15) is 13.2 Å². The Hall–Kier alpha value is -0.550. The largest absolute Gasteiger partial charge is 0.309 e. The third kappa shape index (κ3) is 4.68. The average Bonchev–Trinajstić information content (AvgIpc) is 2.26. The molecule has 0 bridgehead atoms. The number of hydrogen-bond donors (Lipinski definition) is 1. The van der Waals surface area contributed by atoms with Gasteiger partial charge in [0, 0.05) is 4.47 Å². The lowest BCUT2D eigenvalue weighted by molar-refractivity contribution is 0.0979. The minimum atomic E-state index is -2.50.